The fourth-order valence-corrected chi connectivity index (χ4v) is 2.72. The van der Waals surface area contributed by atoms with Crippen LogP contribution in [0.4, 0.5) is 0 Å². The van der Waals surface area contributed by atoms with E-state index in [9.17, 15) is 4.79 Å². The highest BCUT2D eigenvalue weighted by Crippen LogP contribution is 2.28. The predicted octanol–water partition coefficient (Wildman–Crippen LogP) is 1.35. The van der Waals surface area contributed by atoms with Crippen molar-refractivity contribution in [2.75, 3.05) is 20.6 Å². The molecule has 0 radical (unpaired) electrons. The second-order valence-corrected chi connectivity index (χ2v) is 6.78. The van der Waals surface area contributed by atoms with Crippen LogP contribution in [0.2, 0.25) is 0 Å². The van der Waals surface area contributed by atoms with E-state index in [1.165, 1.54) is 0 Å². The summed E-state index contributed by atoms with van der Waals surface area (Å²) in [6.07, 6.45) is 3.78. The lowest BCUT2D eigenvalue weighted by Crippen LogP contribution is -2.57. The van der Waals surface area contributed by atoms with Crippen LogP contribution >= 0.6 is 0 Å². The first-order valence-electron chi connectivity index (χ1n) is 6.92. The molecule has 106 valence electrons. The lowest BCUT2D eigenvalue weighted by atomic mass is 9.84. The highest BCUT2D eigenvalue weighted by molar-refractivity contribution is 5.86. The number of amides is 1. The van der Waals surface area contributed by atoms with Crippen LogP contribution in [0.5, 0.6) is 0 Å². The van der Waals surface area contributed by atoms with Crippen molar-refractivity contribution in [3.05, 3.63) is 0 Å². The number of nitrogens with one attached hydrogen (secondary N) is 1. The van der Waals surface area contributed by atoms with Crippen LogP contribution in [0.25, 0.3) is 0 Å². The van der Waals surface area contributed by atoms with E-state index in [0.717, 1.165) is 32.2 Å². The molecule has 1 aliphatic carbocycles. The molecule has 0 aliphatic heterocycles. The number of carbonyl (C=O) groups is 1. The normalized spacial score (nSPS) is 21.1. The maximum absolute atomic E-state index is 12.3. The van der Waals surface area contributed by atoms with Crippen molar-refractivity contribution in [3.8, 4) is 0 Å². The van der Waals surface area contributed by atoms with Crippen molar-refractivity contribution >= 4 is 5.91 Å². The molecule has 1 amide bonds. The molecule has 1 fully saturated rings. The first-order chi connectivity index (χ1) is 8.17. The summed E-state index contributed by atoms with van der Waals surface area (Å²) in [7, 11) is 4.11. The third-order valence-electron chi connectivity index (χ3n) is 4.19. The van der Waals surface area contributed by atoms with Crippen LogP contribution in [0.15, 0.2) is 0 Å². The van der Waals surface area contributed by atoms with Crippen molar-refractivity contribution in [1.29, 1.82) is 0 Å². The summed E-state index contributed by atoms with van der Waals surface area (Å²) in [5.41, 5.74) is 5.59. The SMILES string of the molecule is CC(NC(=O)C1(N)CCCC1)C(C)(C)CN(C)C. The van der Waals surface area contributed by atoms with E-state index in [1.807, 2.05) is 0 Å². The zero-order valence-corrected chi connectivity index (χ0v) is 12.5. The zero-order chi connectivity index (χ0) is 14.0. The molecule has 1 saturated carbocycles. The summed E-state index contributed by atoms with van der Waals surface area (Å²) in [4.78, 5) is 14.4. The van der Waals surface area contributed by atoms with Gasteiger partial charge in [0.1, 0.15) is 0 Å². The molecular weight excluding hydrogens is 226 g/mol. The van der Waals surface area contributed by atoms with Crippen molar-refractivity contribution in [3.63, 3.8) is 0 Å². The van der Waals surface area contributed by atoms with Crippen LogP contribution in [-0.2, 0) is 4.79 Å². The maximum Gasteiger partial charge on any atom is 0.240 e. The minimum absolute atomic E-state index is 0.0272. The minimum atomic E-state index is -0.623. The number of rotatable bonds is 5. The average Bonchev–Trinajstić information content (AvgIpc) is 2.64. The molecule has 0 aromatic heterocycles. The smallest absolute Gasteiger partial charge is 0.240 e. The summed E-state index contributed by atoms with van der Waals surface area (Å²) < 4.78 is 0. The monoisotopic (exact) mass is 255 g/mol. The zero-order valence-electron chi connectivity index (χ0n) is 12.5. The molecule has 1 atom stereocenters. The summed E-state index contributed by atoms with van der Waals surface area (Å²) >= 11 is 0. The largest absolute Gasteiger partial charge is 0.351 e. The fourth-order valence-electron chi connectivity index (χ4n) is 2.72. The Kier molecular flexibility index (Phi) is 4.78. The lowest BCUT2D eigenvalue weighted by molar-refractivity contribution is -0.127. The highest BCUT2D eigenvalue weighted by Gasteiger charge is 2.39. The molecule has 0 heterocycles. The Labute approximate surface area is 111 Å². The lowest BCUT2D eigenvalue weighted by Gasteiger charge is -2.36. The van der Waals surface area contributed by atoms with Gasteiger partial charge in [-0.05, 0) is 39.3 Å². The molecule has 0 aromatic rings. The predicted molar refractivity (Wildman–Crippen MR) is 75.3 cm³/mol. The van der Waals surface area contributed by atoms with Crippen molar-refractivity contribution in [1.82, 2.24) is 10.2 Å². The van der Waals surface area contributed by atoms with Gasteiger partial charge >= 0.3 is 0 Å². The van der Waals surface area contributed by atoms with Gasteiger partial charge in [0.05, 0.1) is 5.54 Å². The molecule has 1 unspecified atom stereocenters. The van der Waals surface area contributed by atoms with Gasteiger partial charge in [0.15, 0.2) is 0 Å². The number of hydrogen-bond acceptors (Lipinski definition) is 3. The molecule has 1 aliphatic rings. The first-order valence-corrected chi connectivity index (χ1v) is 6.92. The Bertz CT molecular complexity index is 293. The van der Waals surface area contributed by atoms with E-state index in [0.29, 0.717) is 0 Å². The van der Waals surface area contributed by atoms with E-state index >= 15 is 0 Å². The van der Waals surface area contributed by atoms with E-state index < -0.39 is 5.54 Å². The molecule has 0 spiro atoms. The van der Waals surface area contributed by atoms with E-state index in [1.54, 1.807) is 0 Å². The van der Waals surface area contributed by atoms with Crippen molar-refractivity contribution in [2.24, 2.45) is 11.1 Å². The van der Waals surface area contributed by atoms with Gasteiger partial charge in [-0.3, -0.25) is 4.79 Å². The molecule has 0 saturated heterocycles. The van der Waals surface area contributed by atoms with Crippen LogP contribution in [0.3, 0.4) is 0 Å². The van der Waals surface area contributed by atoms with Gasteiger partial charge < -0.3 is 16.0 Å². The molecule has 0 bridgehead atoms. The molecule has 0 aromatic carbocycles. The first kappa shape index (κ1) is 15.4. The molecule has 4 heteroatoms. The third-order valence-corrected chi connectivity index (χ3v) is 4.19. The van der Waals surface area contributed by atoms with Gasteiger partial charge in [0, 0.05) is 12.6 Å². The van der Waals surface area contributed by atoms with Crippen LogP contribution in [0, 0.1) is 5.41 Å². The summed E-state index contributed by atoms with van der Waals surface area (Å²) in [6.45, 7) is 7.36. The molecular formula is C14H29N3O. The van der Waals surface area contributed by atoms with E-state index in [2.05, 4.69) is 45.1 Å². The quantitative estimate of drug-likeness (QED) is 0.779. The van der Waals surface area contributed by atoms with Crippen molar-refractivity contribution in [2.45, 2.75) is 58.0 Å². The van der Waals surface area contributed by atoms with Gasteiger partial charge in [0.2, 0.25) is 5.91 Å². The Morgan fingerprint density at radius 3 is 2.33 bits per heavy atom. The molecule has 3 N–H and O–H groups in total. The van der Waals surface area contributed by atoms with E-state index in [-0.39, 0.29) is 17.4 Å². The van der Waals surface area contributed by atoms with Gasteiger partial charge in [-0.1, -0.05) is 26.7 Å². The topological polar surface area (TPSA) is 58.4 Å². The standard InChI is InChI=1S/C14H29N3O/c1-11(13(2,3)10-17(4)5)16-12(18)14(15)8-6-7-9-14/h11H,6-10,15H2,1-5H3,(H,16,18). The van der Waals surface area contributed by atoms with Crippen molar-refractivity contribution < 1.29 is 4.79 Å². The van der Waals surface area contributed by atoms with Crippen LogP contribution < -0.4 is 11.1 Å². The Morgan fingerprint density at radius 2 is 1.89 bits per heavy atom. The van der Waals surface area contributed by atoms with Crippen LogP contribution in [-0.4, -0.2) is 43.0 Å². The van der Waals surface area contributed by atoms with Gasteiger partial charge in [0.25, 0.3) is 0 Å². The Morgan fingerprint density at radius 1 is 1.39 bits per heavy atom. The molecule has 1 rings (SSSR count). The van der Waals surface area contributed by atoms with Gasteiger partial charge in [-0.15, -0.1) is 0 Å². The summed E-state index contributed by atoms with van der Waals surface area (Å²) in [6, 6.07) is 0.119. The van der Waals surface area contributed by atoms with Gasteiger partial charge in [-0.2, -0.15) is 0 Å². The Hall–Kier alpha value is -0.610. The highest BCUT2D eigenvalue weighted by atomic mass is 16.2. The second-order valence-electron chi connectivity index (χ2n) is 6.78. The van der Waals surface area contributed by atoms with Crippen LogP contribution in [0.1, 0.15) is 46.5 Å². The third kappa shape index (κ3) is 3.69. The Balaban J connectivity index is 2.58. The number of hydrogen-bond donors (Lipinski definition) is 2. The average molecular weight is 255 g/mol. The number of carbonyl (C=O) groups excluding carboxylic acids is 1. The van der Waals surface area contributed by atoms with Gasteiger partial charge in [-0.25, -0.2) is 0 Å². The van der Waals surface area contributed by atoms with E-state index in [4.69, 9.17) is 5.73 Å². The minimum Gasteiger partial charge on any atom is -0.351 e. The maximum atomic E-state index is 12.3. The number of nitrogens with zero attached hydrogens (tertiary/aromatic N) is 1. The molecule has 18 heavy (non-hydrogen) atoms. The molecule has 4 nitrogen and oxygen atoms in total. The second kappa shape index (κ2) is 5.57. The summed E-state index contributed by atoms with van der Waals surface area (Å²) in [5.74, 6) is 0.0272. The fraction of sp³-hybridized carbons (Fsp3) is 0.929. The summed E-state index contributed by atoms with van der Waals surface area (Å²) in [5, 5.41) is 3.12. The number of nitrogens with two attached hydrogens (primary N) is 1.